The number of anilines is 1. The van der Waals surface area contributed by atoms with Gasteiger partial charge in [-0.15, -0.1) is 11.8 Å². The molecule has 132 valence electrons. The minimum Gasteiger partial charge on any atom is -0.322 e. The number of likely N-dealkylation sites (tertiary alicyclic amines) is 1. The van der Waals surface area contributed by atoms with Gasteiger partial charge in [-0.3, -0.25) is 4.79 Å². The maximum atomic E-state index is 12.6. The van der Waals surface area contributed by atoms with Crippen LogP contribution in [0.1, 0.15) is 35.2 Å². The lowest BCUT2D eigenvalue weighted by atomic mass is 10.1. The summed E-state index contributed by atoms with van der Waals surface area (Å²) >= 11 is 1.67. The van der Waals surface area contributed by atoms with E-state index in [2.05, 4.69) is 15.2 Å². The Morgan fingerprint density at radius 2 is 1.92 bits per heavy atom. The zero-order valence-electron chi connectivity index (χ0n) is 14.7. The number of amides is 1. The number of hydrogen-bond acceptors (Lipinski definition) is 4. The number of carbonyl (C=O) groups excluding carboxylic acids is 1. The molecule has 3 rings (SSSR count). The summed E-state index contributed by atoms with van der Waals surface area (Å²) in [5, 5.41) is 3.77. The van der Waals surface area contributed by atoms with Crippen molar-refractivity contribution in [2.24, 2.45) is 0 Å². The van der Waals surface area contributed by atoms with E-state index in [4.69, 9.17) is 0 Å². The van der Waals surface area contributed by atoms with Gasteiger partial charge in [0.2, 0.25) is 0 Å². The highest BCUT2D eigenvalue weighted by Gasteiger charge is 2.14. The molecular weight excluding hydrogens is 330 g/mol. The average Bonchev–Trinajstić information content (AvgIpc) is 2.65. The van der Waals surface area contributed by atoms with Gasteiger partial charge in [0.1, 0.15) is 5.03 Å². The first-order valence-corrected chi connectivity index (χ1v) is 9.89. The van der Waals surface area contributed by atoms with Gasteiger partial charge in [-0.05, 0) is 57.1 Å². The minimum atomic E-state index is -0.0996. The molecule has 0 unspecified atom stereocenters. The first-order chi connectivity index (χ1) is 12.2. The molecule has 5 heteroatoms. The van der Waals surface area contributed by atoms with Crippen molar-refractivity contribution >= 4 is 23.4 Å². The van der Waals surface area contributed by atoms with Gasteiger partial charge in [-0.2, -0.15) is 0 Å². The number of piperidine rings is 1. The minimum absolute atomic E-state index is 0.0996. The predicted octanol–water partition coefficient (Wildman–Crippen LogP) is 4.22. The van der Waals surface area contributed by atoms with E-state index in [1.165, 1.54) is 37.9 Å². The van der Waals surface area contributed by atoms with Crippen molar-refractivity contribution in [2.75, 3.05) is 30.7 Å². The molecule has 0 radical (unpaired) electrons. The van der Waals surface area contributed by atoms with E-state index in [1.807, 2.05) is 43.3 Å². The van der Waals surface area contributed by atoms with E-state index in [-0.39, 0.29) is 5.91 Å². The van der Waals surface area contributed by atoms with Crippen LogP contribution in [0.15, 0.2) is 47.6 Å². The summed E-state index contributed by atoms with van der Waals surface area (Å²) < 4.78 is 0. The van der Waals surface area contributed by atoms with Crippen LogP contribution in [0, 0.1) is 6.92 Å². The van der Waals surface area contributed by atoms with Crippen molar-refractivity contribution in [3.8, 4) is 0 Å². The monoisotopic (exact) mass is 355 g/mol. The van der Waals surface area contributed by atoms with Crippen LogP contribution < -0.4 is 5.32 Å². The van der Waals surface area contributed by atoms with Gasteiger partial charge in [-0.25, -0.2) is 4.98 Å². The van der Waals surface area contributed by atoms with Crippen LogP contribution >= 0.6 is 11.8 Å². The zero-order valence-corrected chi connectivity index (χ0v) is 15.5. The highest BCUT2D eigenvalue weighted by molar-refractivity contribution is 7.99. The Hall–Kier alpha value is -1.85. The molecule has 0 atom stereocenters. The van der Waals surface area contributed by atoms with Gasteiger partial charge in [0.15, 0.2) is 0 Å². The summed E-state index contributed by atoms with van der Waals surface area (Å²) in [6, 6.07) is 11.5. The number of aryl methyl sites for hydroxylation is 1. The van der Waals surface area contributed by atoms with Crippen molar-refractivity contribution in [1.29, 1.82) is 0 Å². The van der Waals surface area contributed by atoms with Gasteiger partial charge in [0.05, 0.1) is 5.56 Å². The first kappa shape index (κ1) is 18.0. The highest BCUT2D eigenvalue weighted by Crippen LogP contribution is 2.22. The summed E-state index contributed by atoms with van der Waals surface area (Å²) in [5.41, 5.74) is 2.63. The Balaban J connectivity index is 1.59. The molecule has 1 aromatic heterocycles. The average molecular weight is 356 g/mol. The van der Waals surface area contributed by atoms with Gasteiger partial charge >= 0.3 is 0 Å². The van der Waals surface area contributed by atoms with E-state index in [1.54, 1.807) is 18.0 Å². The molecule has 2 heterocycles. The van der Waals surface area contributed by atoms with Crippen LogP contribution in [0.4, 0.5) is 5.69 Å². The molecule has 2 aromatic rings. The number of thioether (sulfide) groups is 1. The molecule has 25 heavy (non-hydrogen) atoms. The van der Waals surface area contributed by atoms with E-state index in [9.17, 15) is 4.79 Å². The number of carbonyl (C=O) groups is 1. The van der Waals surface area contributed by atoms with Gasteiger partial charge in [-0.1, -0.05) is 24.1 Å². The Morgan fingerprint density at radius 3 is 2.68 bits per heavy atom. The maximum absolute atomic E-state index is 12.6. The third-order valence-corrected chi connectivity index (χ3v) is 5.41. The Bertz CT molecular complexity index is 696. The van der Waals surface area contributed by atoms with Crippen molar-refractivity contribution in [2.45, 2.75) is 31.2 Å². The topological polar surface area (TPSA) is 45.2 Å². The summed E-state index contributed by atoms with van der Waals surface area (Å²) in [6.45, 7) is 5.48. The number of rotatable bonds is 6. The van der Waals surface area contributed by atoms with Crippen LogP contribution in [-0.4, -0.2) is 41.2 Å². The third kappa shape index (κ3) is 5.31. The zero-order chi connectivity index (χ0) is 17.5. The fourth-order valence-corrected chi connectivity index (χ4v) is 3.96. The Kier molecular flexibility index (Phi) is 6.48. The molecule has 1 aliphatic heterocycles. The molecule has 0 spiro atoms. The normalized spacial score (nSPS) is 15.1. The number of nitrogens with zero attached hydrogens (tertiary/aromatic N) is 2. The van der Waals surface area contributed by atoms with E-state index in [0.717, 1.165) is 23.0 Å². The molecule has 1 fully saturated rings. The number of nitrogens with one attached hydrogen (secondary N) is 1. The van der Waals surface area contributed by atoms with Crippen LogP contribution in [0.25, 0.3) is 0 Å². The standard InChI is InChI=1S/C20H25N3OS/c1-16-7-9-17(10-8-16)22-19(24)18-6-5-11-21-20(18)25-15-14-23-12-3-2-4-13-23/h5-11H,2-4,12-15H2,1H3,(H,22,24). The number of aromatic nitrogens is 1. The molecule has 0 saturated carbocycles. The fraction of sp³-hybridized carbons (Fsp3) is 0.400. The second kappa shape index (κ2) is 9.02. The quantitative estimate of drug-likeness (QED) is 0.788. The third-order valence-electron chi connectivity index (χ3n) is 4.42. The lowest BCUT2D eigenvalue weighted by molar-refractivity contribution is 0.102. The van der Waals surface area contributed by atoms with E-state index >= 15 is 0 Å². The molecule has 0 bridgehead atoms. The van der Waals surface area contributed by atoms with Crippen LogP contribution in [0.2, 0.25) is 0 Å². The van der Waals surface area contributed by atoms with Crippen LogP contribution in [-0.2, 0) is 0 Å². The van der Waals surface area contributed by atoms with E-state index < -0.39 is 0 Å². The second-order valence-corrected chi connectivity index (χ2v) is 7.51. The van der Waals surface area contributed by atoms with Gasteiger partial charge < -0.3 is 10.2 Å². The van der Waals surface area contributed by atoms with Crippen molar-refractivity contribution < 1.29 is 4.79 Å². The lowest BCUT2D eigenvalue weighted by Gasteiger charge is -2.26. The predicted molar refractivity (Wildman–Crippen MR) is 104 cm³/mol. The SMILES string of the molecule is Cc1ccc(NC(=O)c2cccnc2SCCN2CCCCC2)cc1. The van der Waals surface area contributed by atoms with Crippen molar-refractivity contribution in [3.05, 3.63) is 53.7 Å². The second-order valence-electron chi connectivity index (χ2n) is 6.43. The van der Waals surface area contributed by atoms with Crippen LogP contribution in [0.3, 0.4) is 0 Å². The molecule has 0 aliphatic carbocycles. The van der Waals surface area contributed by atoms with Gasteiger partial charge in [0, 0.05) is 24.2 Å². The van der Waals surface area contributed by atoms with Crippen LogP contribution in [0.5, 0.6) is 0 Å². The number of hydrogen-bond donors (Lipinski definition) is 1. The van der Waals surface area contributed by atoms with Crippen molar-refractivity contribution in [3.63, 3.8) is 0 Å². The first-order valence-electron chi connectivity index (χ1n) is 8.90. The summed E-state index contributed by atoms with van der Waals surface area (Å²) in [5.74, 6) is 0.861. The maximum Gasteiger partial charge on any atom is 0.258 e. The molecule has 1 saturated heterocycles. The van der Waals surface area contributed by atoms with Crippen molar-refractivity contribution in [1.82, 2.24) is 9.88 Å². The summed E-state index contributed by atoms with van der Waals surface area (Å²) in [4.78, 5) is 19.5. The Labute approximate surface area is 154 Å². The molecule has 1 aromatic carbocycles. The molecule has 1 aliphatic rings. The van der Waals surface area contributed by atoms with E-state index in [0.29, 0.717) is 5.56 Å². The Morgan fingerprint density at radius 1 is 1.16 bits per heavy atom. The smallest absolute Gasteiger partial charge is 0.258 e. The molecular formula is C20H25N3OS. The molecule has 1 amide bonds. The highest BCUT2D eigenvalue weighted by atomic mass is 32.2. The summed E-state index contributed by atoms with van der Waals surface area (Å²) in [7, 11) is 0. The summed E-state index contributed by atoms with van der Waals surface area (Å²) in [6.07, 6.45) is 5.72. The van der Waals surface area contributed by atoms with Gasteiger partial charge in [0.25, 0.3) is 5.91 Å². The molecule has 4 nitrogen and oxygen atoms in total. The molecule has 1 N–H and O–H groups in total. The largest absolute Gasteiger partial charge is 0.322 e. The fourth-order valence-electron chi connectivity index (χ4n) is 2.97. The number of pyridine rings is 1. The number of benzene rings is 1. The lowest BCUT2D eigenvalue weighted by Crippen LogP contribution is -2.31.